The van der Waals surface area contributed by atoms with Crippen molar-refractivity contribution in [3.8, 4) is 17.1 Å². The Morgan fingerprint density at radius 1 is 1.11 bits per heavy atom. The Balaban J connectivity index is 0.000000926. The third-order valence-electron chi connectivity index (χ3n) is 5.45. The van der Waals surface area contributed by atoms with Crippen molar-refractivity contribution < 1.29 is 45.3 Å². The van der Waals surface area contributed by atoms with Gasteiger partial charge in [0, 0.05) is 29.4 Å². The van der Waals surface area contributed by atoms with Crippen LogP contribution in [0.15, 0.2) is 54.7 Å². The number of aliphatic carboxylic acids is 1. The van der Waals surface area contributed by atoms with E-state index in [0.29, 0.717) is 24.5 Å². The number of para-hydroxylation sites is 1. The van der Waals surface area contributed by atoms with Crippen LogP contribution in [-0.2, 0) is 27.9 Å². The van der Waals surface area contributed by atoms with Gasteiger partial charge in [-0.2, -0.15) is 21.6 Å². The molecule has 0 aliphatic carbocycles. The fraction of sp³-hybridized carbons (Fsp3) is 0.360. The zero-order valence-corrected chi connectivity index (χ0v) is 21.5. The first-order chi connectivity index (χ1) is 17.6. The largest absolute Gasteiger partial charge is 0.493 e. The van der Waals surface area contributed by atoms with Crippen molar-refractivity contribution >= 4 is 16.4 Å². The molecule has 1 atom stereocenters. The third kappa shape index (κ3) is 10.5. The van der Waals surface area contributed by atoms with Crippen LogP contribution in [0.25, 0.3) is 11.4 Å². The number of hydrogen-bond donors (Lipinski definition) is 3. The van der Waals surface area contributed by atoms with E-state index < -0.39 is 28.1 Å². The summed E-state index contributed by atoms with van der Waals surface area (Å²) in [4.78, 5) is 15.2. The summed E-state index contributed by atoms with van der Waals surface area (Å²) in [5, 5.41) is 8.86. The first-order valence-corrected chi connectivity index (χ1v) is 12.9. The molecule has 0 radical (unpaired) electrons. The van der Waals surface area contributed by atoms with Crippen LogP contribution >= 0.6 is 0 Å². The van der Waals surface area contributed by atoms with E-state index >= 15 is 0 Å². The van der Waals surface area contributed by atoms with Crippen LogP contribution in [0, 0.1) is 12.8 Å². The van der Waals surface area contributed by atoms with Gasteiger partial charge < -0.3 is 14.4 Å². The van der Waals surface area contributed by atoms with Gasteiger partial charge in [-0.3, -0.25) is 13.9 Å². The summed E-state index contributed by atoms with van der Waals surface area (Å²) in [7, 11) is -4.67. The van der Waals surface area contributed by atoms with Gasteiger partial charge >= 0.3 is 22.5 Å². The van der Waals surface area contributed by atoms with Crippen molar-refractivity contribution in [2.75, 3.05) is 6.61 Å². The highest BCUT2D eigenvalue weighted by Crippen LogP contribution is 2.31. The van der Waals surface area contributed by atoms with Gasteiger partial charge in [0.15, 0.2) is 0 Å². The molecule has 0 amide bonds. The zero-order chi connectivity index (χ0) is 28.5. The number of imidazole rings is 1. The fourth-order valence-corrected chi connectivity index (χ4v) is 3.66. The molecule has 0 aliphatic rings. The van der Waals surface area contributed by atoms with Crippen molar-refractivity contribution in [1.82, 2.24) is 9.55 Å². The Bertz CT molecular complexity index is 1300. The second-order valence-electron chi connectivity index (χ2n) is 8.63. The molecule has 3 rings (SSSR count). The number of halogens is 3. The van der Waals surface area contributed by atoms with Gasteiger partial charge in [-0.15, -0.1) is 0 Å². The van der Waals surface area contributed by atoms with E-state index in [0.717, 1.165) is 42.0 Å². The lowest BCUT2D eigenvalue weighted by Gasteiger charge is -2.16. The maximum absolute atomic E-state index is 12.9. The smallest absolute Gasteiger partial charge is 0.416 e. The Labute approximate surface area is 218 Å². The molecular weight excluding hydrogens is 529 g/mol. The lowest BCUT2D eigenvalue weighted by Crippen LogP contribution is -2.09. The summed E-state index contributed by atoms with van der Waals surface area (Å²) in [6.45, 7) is 4.73. The molecule has 0 saturated heterocycles. The quantitative estimate of drug-likeness (QED) is 0.218. The van der Waals surface area contributed by atoms with E-state index in [1.807, 2.05) is 42.7 Å². The van der Waals surface area contributed by atoms with E-state index in [2.05, 4.69) is 4.98 Å². The topological polar surface area (TPSA) is 139 Å². The number of carbonyl (C=O) groups is 1. The number of nitrogens with zero attached hydrogens (tertiary/aromatic N) is 2. The van der Waals surface area contributed by atoms with Gasteiger partial charge in [-0.05, 0) is 43.9 Å². The minimum atomic E-state index is -4.67. The third-order valence-corrected chi connectivity index (χ3v) is 5.45. The molecule has 0 fully saturated rings. The number of hydrogen-bond acceptors (Lipinski definition) is 5. The molecule has 3 N–H and O–H groups in total. The second kappa shape index (κ2) is 13.4. The molecule has 0 bridgehead atoms. The van der Waals surface area contributed by atoms with Crippen molar-refractivity contribution in [1.29, 1.82) is 0 Å². The average molecular weight is 559 g/mol. The van der Waals surface area contributed by atoms with E-state index in [9.17, 15) is 18.0 Å². The molecule has 0 saturated carbocycles. The minimum absolute atomic E-state index is 0.0845. The molecule has 1 aromatic heterocycles. The number of aryl methyl sites for hydroxylation is 1. The molecule has 0 aliphatic heterocycles. The molecule has 9 nitrogen and oxygen atoms in total. The van der Waals surface area contributed by atoms with Crippen LogP contribution in [0.2, 0.25) is 0 Å². The van der Waals surface area contributed by atoms with E-state index in [-0.39, 0.29) is 12.3 Å². The summed E-state index contributed by atoms with van der Waals surface area (Å²) >= 11 is 0. The summed E-state index contributed by atoms with van der Waals surface area (Å²) in [6, 6.07) is 12.6. The number of benzene rings is 2. The highest BCUT2D eigenvalue weighted by Gasteiger charge is 2.30. The van der Waals surface area contributed by atoms with Gasteiger partial charge in [0.25, 0.3) is 0 Å². The fourth-order valence-electron chi connectivity index (χ4n) is 3.66. The Morgan fingerprint density at radius 2 is 1.71 bits per heavy atom. The maximum atomic E-state index is 12.9. The molecule has 1 heterocycles. The normalized spacial score (nSPS) is 12.4. The predicted octanol–water partition coefficient (Wildman–Crippen LogP) is 5.54. The monoisotopic (exact) mass is 558 g/mol. The van der Waals surface area contributed by atoms with Crippen molar-refractivity contribution in [2.24, 2.45) is 5.92 Å². The van der Waals surface area contributed by atoms with Crippen LogP contribution in [-0.4, -0.2) is 44.8 Å². The summed E-state index contributed by atoms with van der Waals surface area (Å²) in [5.74, 6) is 0.586. The first kappa shape index (κ1) is 30.8. The number of carboxylic acid groups (broad SMARTS) is 1. The number of aromatic nitrogens is 2. The van der Waals surface area contributed by atoms with Crippen molar-refractivity contribution in [3.05, 3.63) is 71.5 Å². The van der Waals surface area contributed by atoms with Gasteiger partial charge in [-0.25, -0.2) is 4.98 Å². The molecule has 3 aromatic rings. The van der Waals surface area contributed by atoms with Gasteiger partial charge in [0.1, 0.15) is 11.6 Å². The van der Waals surface area contributed by atoms with Crippen molar-refractivity contribution in [2.45, 2.75) is 45.8 Å². The standard InChI is InChI=1S/C25H27F3N2O3.H2O4S/c1-17(14-23(31)32)6-5-13-33-22-8-4-3-7-20(22)16-30-18(2)15-29-24(30)19-9-11-21(12-10-19)25(26,27)28;1-5(2,3)4/h3-4,7-12,15,17H,5-6,13-14,16H2,1-2H3,(H,31,32);(H2,1,2,3,4)/t17-;/m1./s1. The van der Waals surface area contributed by atoms with Crippen LogP contribution < -0.4 is 4.74 Å². The molecule has 13 heteroatoms. The van der Waals surface area contributed by atoms with Crippen LogP contribution in [0.3, 0.4) is 0 Å². The maximum Gasteiger partial charge on any atom is 0.416 e. The van der Waals surface area contributed by atoms with Gasteiger partial charge in [0.2, 0.25) is 0 Å². The predicted molar refractivity (Wildman–Crippen MR) is 133 cm³/mol. The summed E-state index contributed by atoms with van der Waals surface area (Å²) in [5.41, 5.74) is 1.70. The van der Waals surface area contributed by atoms with E-state index in [1.54, 1.807) is 6.20 Å². The number of ether oxygens (including phenoxy) is 1. The number of alkyl halides is 3. The lowest BCUT2D eigenvalue weighted by atomic mass is 10.0. The van der Waals surface area contributed by atoms with E-state index in [4.69, 9.17) is 27.4 Å². The average Bonchev–Trinajstić information content (AvgIpc) is 3.15. The highest BCUT2D eigenvalue weighted by molar-refractivity contribution is 7.79. The Morgan fingerprint density at radius 3 is 2.29 bits per heavy atom. The molecule has 208 valence electrons. The number of rotatable bonds is 10. The molecular formula is C25H29F3N2O7S. The number of carboxylic acids is 1. The van der Waals surface area contributed by atoms with Crippen LogP contribution in [0.5, 0.6) is 5.75 Å². The SMILES string of the molecule is Cc1cnc(-c2ccc(C(F)(F)F)cc2)n1Cc1ccccc1OCCC[C@@H](C)CC(=O)O.O=S(=O)(O)O. The summed E-state index contributed by atoms with van der Waals surface area (Å²) in [6.07, 6.45) is -1.05. The molecule has 38 heavy (non-hydrogen) atoms. The summed E-state index contributed by atoms with van der Waals surface area (Å²) < 4.78 is 78.2. The Hall–Kier alpha value is -3.42. The molecule has 0 unspecified atom stereocenters. The van der Waals surface area contributed by atoms with Crippen LogP contribution in [0.1, 0.15) is 43.0 Å². The second-order valence-corrected chi connectivity index (χ2v) is 9.53. The molecule has 2 aromatic carbocycles. The van der Waals surface area contributed by atoms with Gasteiger partial charge in [-0.1, -0.05) is 37.3 Å². The zero-order valence-electron chi connectivity index (χ0n) is 20.7. The van der Waals surface area contributed by atoms with E-state index in [1.165, 1.54) is 12.1 Å². The van der Waals surface area contributed by atoms with Crippen LogP contribution in [0.4, 0.5) is 13.2 Å². The first-order valence-electron chi connectivity index (χ1n) is 11.5. The Kier molecular flexibility index (Phi) is 10.9. The highest BCUT2D eigenvalue weighted by atomic mass is 32.3. The van der Waals surface area contributed by atoms with Crippen molar-refractivity contribution in [3.63, 3.8) is 0 Å². The lowest BCUT2D eigenvalue weighted by molar-refractivity contribution is -0.138. The van der Waals surface area contributed by atoms with Gasteiger partial charge in [0.05, 0.1) is 18.7 Å². The minimum Gasteiger partial charge on any atom is -0.493 e. The molecule has 0 spiro atoms.